The third-order valence-electron chi connectivity index (χ3n) is 3.41. The van der Waals surface area contributed by atoms with Gasteiger partial charge in [0, 0.05) is 5.33 Å². The molecule has 0 N–H and O–H groups in total. The molecule has 2 rings (SSSR count). The molecule has 1 unspecified atom stereocenters. The summed E-state index contributed by atoms with van der Waals surface area (Å²) in [6.45, 7) is 0. The zero-order valence-electron chi connectivity index (χ0n) is 11.8. The summed E-state index contributed by atoms with van der Waals surface area (Å²) < 4.78 is 18.3. The first-order valence-electron chi connectivity index (χ1n) is 6.75. The van der Waals surface area contributed by atoms with Crippen molar-refractivity contribution in [2.24, 2.45) is 5.92 Å². The number of hydrogen-bond acceptors (Lipinski definition) is 1. The lowest BCUT2D eigenvalue weighted by Crippen LogP contribution is -2.10. The van der Waals surface area contributed by atoms with E-state index in [0.717, 1.165) is 29.5 Å². The number of hydrogen-bond donors (Lipinski definition) is 0. The van der Waals surface area contributed by atoms with Gasteiger partial charge < -0.3 is 4.74 Å². The zero-order valence-corrected chi connectivity index (χ0v) is 14.1. The predicted octanol–water partition coefficient (Wildman–Crippen LogP) is 5.28. The van der Waals surface area contributed by atoms with Crippen molar-refractivity contribution in [2.75, 3.05) is 12.4 Å². The summed E-state index contributed by atoms with van der Waals surface area (Å²) >= 11 is 9.39. The zero-order chi connectivity index (χ0) is 15.2. The SMILES string of the molecule is COc1ccc(CC(CBr)Cc2ccc(F)c(Cl)c2)cc1. The minimum Gasteiger partial charge on any atom is -0.497 e. The molecule has 2 aromatic rings. The normalized spacial score (nSPS) is 12.2. The fourth-order valence-corrected chi connectivity index (χ4v) is 2.94. The van der Waals surface area contributed by atoms with Crippen molar-refractivity contribution in [2.45, 2.75) is 12.8 Å². The number of benzene rings is 2. The van der Waals surface area contributed by atoms with E-state index in [9.17, 15) is 4.39 Å². The average molecular weight is 372 g/mol. The summed E-state index contributed by atoms with van der Waals surface area (Å²) in [5.41, 5.74) is 2.31. The number of alkyl halides is 1. The molecule has 0 fully saturated rings. The number of halogens is 3. The molecular formula is C17H17BrClFO. The topological polar surface area (TPSA) is 9.23 Å². The molecule has 0 aliphatic carbocycles. The maximum absolute atomic E-state index is 13.2. The van der Waals surface area contributed by atoms with E-state index in [2.05, 4.69) is 28.1 Å². The maximum atomic E-state index is 13.2. The van der Waals surface area contributed by atoms with Crippen molar-refractivity contribution in [3.63, 3.8) is 0 Å². The van der Waals surface area contributed by atoms with Crippen molar-refractivity contribution in [1.82, 2.24) is 0 Å². The molecule has 0 aromatic heterocycles. The molecule has 1 atom stereocenters. The van der Waals surface area contributed by atoms with Crippen LogP contribution in [0, 0.1) is 11.7 Å². The Morgan fingerprint density at radius 2 is 1.71 bits per heavy atom. The standard InChI is InChI=1S/C17H17BrClFO/c1-21-15-5-2-12(3-6-15)8-14(11-18)9-13-4-7-17(20)16(19)10-13/h2-7,10,14H,8-9,11H2,1H3. The summed E-state index contributed by atoms with van der Waals surface area (Å²) in [6, 6.07) is 13.0. The molecule has 0 amide bonds. The van der Waals surface area contributed by atoms with Crippen molar-refractivity contribution in [3.05, 3.63) is 64.4 Å². The Kier molecular flexibility index (Phi) is 6.07. The molecule has 2 aromatic carbocycles. The van der Waals surface area contributed by atoms with E-state index in [-0.39, 0.29) is 10.8 Å². The minimum atomic E-state index is -0.369. The second-order valence-electron chi connectivity index (χ2n) is 5.03. The van der Waals surface area contributed by atoms with Crippen molar-refractivity contribution in [3.8, 4) is 5.75 Å². The molecule has 0 radical (unpaired) electrons. The summed E-state index contributed by atoms with van der Waals surface area (Å²) in [4.78, 5) is 0. The van der Waals surface area contributed by atoms with Gasteiger partial charge in [-0.05, 0) is 54.2 Å². The second-order valence-corrected chi connectivity index (χ2v) is 6.08. The first-order chi connectivity index (χ1) is 10.1. The molecule has 0 saturated heterocycles. The fourth-order valence-electron chi connectivity index (χ4n) is 2.28. The van der Waals surface area contributed by atoms with Gasteiger partial charge in [0.05, 0.1) is 12.1 Å². The Bertz CT molecular complexity index is 586. The number of rotatable bonds is 6. The summed E-state index contributed by atoms with van der Waals surface area (Å²) in [7, 11) is 1.66. The van der Waals surface area contributed by atoms with Gasteiger partial charge in [0.1, 0.15) is 11.6 Å². The van der Waals surface area contributed by atoms with Crippen molar-refractivity contribution < 1.29 is 9.13 Å². The van der Waals surface area contributed by atoms with Crippen LogP contribution in [-0.4, -0.2) is 12.4 Å². The summed E-state index contributed by atoms with van der Waals surface area (Å²) in [5.74, 6) is 0.922. The lowest BCUT2D eigenvalue weighted by atomic mass is 9.94. The third-order valence-corrected chi connectivity index (χ3v) is 4.62. The molecule has 0 heterocycles. The third kappa shape index (κ3) is 4.72. The molecular weight excluding hydrogens is 355 g/mol. The van der Waals surface area contributed by atoms with Gasteiger partial charge in [-0.1, -0.05) is 45.7 Å². The van der Waals surface area contributed by atoms with E-state index < -0.39 is 0 Å². The first kappa shape index (κ1) is 16.3. The molecule has 1 nitrogen and oxygen atoms in total. The van der Waals surface area contributed by atoms with Crippen LogP contribution in [-0.2, 0) is 12.8 Å². The van der Waals surface area contributed by atoms with Gasteiger partial charge in [0.2, 0.25) is 0 Å². The second kappa shape index (κ2) is 7.81. The highest BCUT2D eigenvalue weighted by molar-refractivity contribution is 9.09. The highest BCUT2D eigenvalue weighted by Gasteiger charge is 2.11. The Balaban J connectivity index is 2.03. The fraction of sp³-hybridized carbons (Fsp3) is 0.294. The first-order valence-corrected chi connectivity index (χ1v) is 8.25. The molecule has 0 aliphatic heterocycles. The van der Waals surface area contributed by atoms with Gasteiger partial charge in [0.25, 0.3) is 0 Å². The quantitative estimate of drug-likeness (QED) is 0.627. The average Bonchev–Trinajstić information content (AvgIpc) is 2.51. The highest BCUT2D eigenvalue weighted by atomic mass is 79.9. The van der Waals surface area contributed by atoms with Gasteiger partial charge in [-0.25, -0.2) is 4.39 Å². The van der Waals surface area contributed by atoms with Gasteiger partial charge >= 0.3 is 0 Å². The van der Waals surface area contributed by atoms with Crippen LogP contribution in [0.2, 0.25) is 5.02 Å². The lowest BCUT2D eigenvalue weighted by Gasteiger charge is -2.15. The Hall–Kier alpha value is -1.06. The van der Waals surface area contributed by atoms with E-state index in [1.165, 1.54) is 11.6 Å². The minimum absolute atomic E-state index is 0.185. The largest absolute Gasteiger partial charge is 0.497 e. The molecule has 112 valence electrons. The van der Waals surface area contributed by atoms with Crippen LogP contribution in [0.5, 0.6) is 5.75 Å². The molecule has 21 heavy (non-hydrogen) atoms. The van der Waals surface area contributed by atoms with Crippen LogP contribution in [0.3, 0.4) is 0 Å². The maximum Gasteiger partial charge on any atom is 0.141 e. The van der Waals surface area contributed by atoms with Gasteiger partial charge in [-0.3, -0.25) is 0 Å². The molecule has 0 spiro atoms. The number of methoxy groups -OCH3 is 1. The van der Waals surface area contributed by atoms with E-state index in [1.807, 2.05) is 12.1 Å². The summed E-state index contributed by atoms with van der Waals surface area (Å²) in [5, 5.41) is 1.07. The molecule has 0 aliphatic rings. The van der Waals surface area contributed by atoms with Crippen LogP contribution < -0.4 is 4.74 Å². The van der Waals surface area contributed by atoms with Crippen LogP contribution in [0.4, 0.5) is 4.39 Å². The highest BCUT2D eigenvalue weighted by Crippen LogP contribution is 2.22. The van der Waals surface area contributed by atoms with Crippen LogP contribution >= 0.6 is 27.5 Å². The van der Waals surface area contributed by atoms with Crippen molar-refractivity contribution >= 4 is 27.5 Å². The molecule has 4 heteroatoms. The van der Waals surface area contributed by atoms with Gasteiger partial charge in [-0.15, -0.1) is 0 Å². The summed E-state index contributed by atoms with van der Waals surface area (Å²) in [6.07, 6.45) is 1.81. The van der Waals surface area contributed by atoms with Gasteiger partial charge in [0.15, 0.2) is 0 Å². The van der Waals surface area contributed by atoms with Gasteiger partial charge in [-0.2, -0.15) is 0 Å². The smallest absolute Gasteiger partial charge is 0.141 e. The Morgan fingerprint density at radius 1 is 1.10 bits per heavy atom. The van der Waals surface area contributed by atoms with Crippen LogP contribution in [0.25, 0.3) is 0 Å². The van der Waals surface area contributed by atoms with Crippen LogP contribution in [0.1, 0.15) is 11.1 Å². The van der Waals surface area contributed by atoms with Crippen LogP contribution in [0.15, 0.2) is 42.5 Å². The Labute approximate surface area is 138 Å². The lowest BCUT2D eigenvalue weighted by molar-refractivity contribution is 0.414. The van der Waals surface area contributed by atoms with E-state index in [1.54, 1.807) is 19.2 Å². The molecule has 0 bridgehead atoms. The molecule has 0 saturated carbocycles. The van der Waals surface area contributed by atoms with E-state index in [0.29, 0.717) is 5.92 Å². The Morgan fingerprint density at radius 3 is 2.29 bits per heavy atom. The predicted molar refractivity (Wildman–Crippen MR) is 89.1 cm³/mol. The van der Waals surface area contributed by atoms with E-state index in [4.69, 9.17) is 16.3 Å². The monoisotopic (exact) mass is 370 g/mol. The van der Waals surface area contributed by atoms with Crippen molar-refractivity contribution in [1.29, 1.82) is 0 Å². The van der Waals surface area contributed by atoms with E-state index >= 15 is 0 Å². The number of ether oxygens (including phenoxy) is 1.